The van der Waals surface area contributed by atoms with Crippen molar-refractivity contribution in [2.45, 2.75) is 98.6 Å². The number of aliphatic hydroxyl groups excluding tert-OH is 2. The maximum Gasteiger partial charge on any atom is 0.508 e. The number of nitrogens with one attached hydrogen (secondary N) is 1. The van der Waals surface area contributed by atoms with Crippen LogP contribution in [-0.4, -0.2) is 87.8 Å². The van der Waals surface area contributed by atoms with Gasteiger partial charge in [0.05, 0.1) is 19.9 Å². The highest BCUT2D eigenvalue weighted by atomic mass is 19.1. The minimum Gasteiger partial charge on any atom is -0.477 e. The number of carbonyl (C=O) groups is 3. The van der Waals surface area contributed by atoms with Gasteiger partial charge in [0.2, 0.25) is 0 Å². The summed E-state index contributed by atoms with van der Waals surface area (Å²) < 4.78 is 25.4. The van der Waals surface area contributed by atoms with E-state index in [0.717, 1.165) is 5.57 Å². The molecule has 5 unspecified atom stereocenters. The van der Waals surface area contributed by atoms with Crippen molar-refractivity contribution in [2.75, 3.05) is 20.4 Å². The Morgan fingerprint density at radius 1 is 1.24 bits per heavy atom. The number of carboxylic acid groups (broad SMARTS) is 1. The first-order valence-electron chi connectivity index (χ1n) is 15.3. The van der Waals surface area contributed by atoms with Crippen LogP contribution in [-0.2, 0) is 19.0 Å². The van der Waals surface area contributed by atoms with Crippen molar-refractivity contribution in [3.05, 3.63) is 59.0 Å². The summed E-state index contributed by atoms with van der Waals surface area (Å²) in [6, 6.07) is 3.14. The fourth-order valence-electron chi connectivity index (χ4n) is 5.72. The number of alkyl halides is 1. The van der Waals surface area contributed by atoms with E-state index >= 15 is 0 Å². The molecule has 2 aliphatic carbocycles. The Morgan fingerprint density at radius 2 is 1.89 bits per heavy atom. The number of carboxylic acids is 1. The molecular weight excluding hydrogens is 601 g/mol. The van der Waals surface area contributed by atoms with Crippen LogP contribution in [0, 0.1) is 17.8 Å². The van der Waals surface area contributed by atoms with Gasteiger partial charge in [0.25, 0.3) is 0 Å². The van der Waals surface area contributed by atoms with Crippen LogP contribution in [0.15, 0.2) is 53.3 Å². The first-order chi connectivity index (χ1) is 21.4. The van der Waals surface area contributed by atoms with Gasteiger partial charge in [-0.1, -0.05) is 53.3 Å². The summed E-state index contributed by atoms with van der Waals surface area (Å²) in [5.74, 6) is -2.11. The number of H-pyrrole nitrogens is 1. The van der Waals surface area contributed by atoms with Crippen molar-refractivity contribution in [2.24, 2.45) is 17.8 Å². The molecular formula is C34H54FNO10. The summed E-state index contributed by atoms with van der Waals surface area (Å²) in [5, 5.41) is 40.0. The first kappa shape index (κ1) is 42.5. The average Bonchev–Trinajstić information content (AvgIpc) is 3.66. The normalized spacial score (nSPS) is 28.2. The van der Waals surface area contributed by atoms with E-state index in [1.54, 1.807) is 19.2 Å². The first-order valence-corrected chi connectivity index (χ1v) is 15.3. The van der Waals surface area contributed by atoms with Gasteiger partial charge in [0.15, 0.2) is 0 Å². The smallest absolute Gasteiger partial charge is 0.477 e. The topological polar surface area (TPSA) is 176 Å². The van der Waals surface area contributed by atoms with Crippen molar-refractivity contribution < 1.29 is 53.4 Å². The SMILES string of the molecule is C.C/C1=C\C(C)C(C(C)OC(=O)OCCCO)OC(=O)CCC2C=CC3=C([C@H](O)[C@@H](C)C3)C12O.CC.CF.O=C(O)c1ccc[nH]1. The number of aromatic carboxylic acids is 1. The number of rotatable bonds is 6. The lowest BCUT2D eigenvalue weighted by Crippen LogP contribution is -2.47. The second kappa shape index (κ2) is 20.6. The number of aromatic nitrogens is 1. The maximum atomic E-state index is 12.7. The Balaban J connectivity index is 0.00000133. The molecule has 2 heterocycles. The lowest BCUT2D eigenvalue weighted by atomic mass is 9.68. The number of fused-ring (bicyclic) bond motifs is 2. The number of hydrogen-bond acceptors (Lipinski definition) is 9. The predicted molar refractivity (Wildman–Crippen MR) is 173 cm³/mol. The summed E-state index contributed by atoms with van der Waals surface area (Å²) in [7, 11) is 0.500. The predicted octanol–water partition coefficient (Wildman–Crippen LogP) is 5.77. The summed E-state index contributed by atoms with van der Waals surface area (Å²) in [6.45, 7) is 11.2. The van der Waals surface area contributed by atoms with Crippen molar-refractivity contribution in [1.29, 1.82) is 0 Å². The number of carbonyl (C=O) groups excluding carboxylic acids is 2. The quantitative estimate of drug-likeness (QED) is 0.144. The molecule has 0 spiro atoms. The third-order valence-electron chi connectivity index (χ3n) is 7.85. The number of aromatic amines is 1. The third-order valence-corrected chi connectivity index (χ3v) is 7.85. The maximum absolute atomic E-state index is 12.7. The van der Waals surface area contributed by atoms with Crippen LogP contribution in [0.2, 0.25) is 0 Å². The van der Waals surface area contributed by atoms with E-state index in [4.69, 9.17) is 24.4 Å². The molecule has 0 amide bonds. The lowest BCUT2D eigenvalue weighted by Gasteiger charge is -2.42. The van der Waals surface area contributed by atoms with Crippen molar-refractivity contribution in [1.82, 2.24) is 4.98 Å². The molecule has 0 aromatic carbocycles. The fourth-order valence-corrected chi connectivity index (χ4v) is 5.72. The second-order valence-corrected chi connectivity index (χ2v) is 10.9. The Morgan fingerprint density at radius 3 is 2.43 bits per heavy atom. The minimum atomic E-state index is -1.39. The number of ether oxygens (including phenoxy) is 3. The molecule has 7 atom stereocenters. The van der Waals surface area contributed by atoms with Gasteiger partial charge in [-0.25, -0.2) is 9.59 Å². The highest BCUT2D eigenvalue weighted by Crippen LogP contribution is 2.50. The molecule has 0 saturated carbocycles. The van der Waals surface area contributed by atoms with Crippen LogP contribution in [0.4, 0.5) is 9.18 Å². The second-order valence-electron chi connectivity index (χ2n) is 10.9. The van der Waals surface area contributed by atoms with Crippen molar-refractivity contribution >= 4 is 18.1 Å². The summed E-state index contributed by atoms with van der Waals surface area (Å²) in [4.78, 5) is 37.2. The molecule has 1 aromatic heterocycles. The average molecular weight is 656 g/mol. The van der Waals surface area contributed by atoms with Crippen LogP contribution in [0.25, 0.3) is 0 Å². The minimum absolute atomic E-state index is 0. The van der Waals surface area contributed by atoms with Crippen LogP contribution >= 0.6 is 0 Å². The van der Waals surface area contributed by atoms with E-state index in [0.29, 0.717) is 37.6 Å². The largest absolute Gasteiger partial charge is 0.508 e. The number of hydrogen-bond donors (Lipinski definition) is 5. The van der Waals surface area contributed by atoms with E-state index in [1.807, 2.05) is 52.8 Å². The van der Waals surface area contributed by atoms with Gasteiger partial charge in [-0.3, -0.25) is 9.18 Å². The number of halogens is 1. The standard InChI is InChI=1S/C25H36O8.C5H5NO2.C2H6.CH3F.CH4/c1-14-13-18-6-7-19-8-9-20(27)33-23(17(4)32-24(29)31-11-5-10-26)15(2)12-16(3)25(19,30)21(18)22(14)28;7-5(8)4-2-1-3-6-4;2*1-2;/h6-7,12,14-15,17,19,22-23,26,28,30H,5,8-11,13H2,1-4H3;1-3,6H,(H,7,8);1-2H3;1H3;1H4/b16-12+;;;;/t14-,15?,17?,19?,22+,23?,25?;;;;/m0..../s1. The zero-order valence-corrected chi connectivity index (χ0v) is 27.3. The summed E-state index contributed by atoms with van der Waals surface area (Å²) in [5.41, 5.74) is 1.09. The molecule has 1 aromatic rings. The Labute approximate surface area is 272 Å². The number of aliphatic hydroxyl groups is 3. The van der Waals surface area contributed by atoms with Crippen molar-refractivity contribution in [3.63, 3.8) is 0 Å². The fraction of sp³-hybridized carbons (Fsp3) is 0.618. The van der Waals surface area contributed by atoms with E-state index < -0.39 is 42.0 Å². The Bertz CT molecular complexity index is 1180. The number of allylic oxidation sites excluding steroid dienone is 2. The van der Waals surface area contributed by atoms with Crippen LogP contribution < -0.4 is 0 Å². The Kier molecular flexibility index (Phi) is 19.0. The van der Waals surface area contributed by atoms with Crippen LogP contribution in [0.3, 0.4) is 0 Å². The molecule has 0 fully saturated rings. The molecule has 0 saturated heterocycles. The van der Waals surface area contributed by atoms with Gasteiger partial charge in [0.1, 0.15) is 23.5 Å². The van der Waals surface area contributed by atoms with Crippen LogP contribution in [0.1, 0.15) is 85.1 Å². The molecule has 12 heteroatoms. The molecule has 46 heavy (non-hydrogen) atoms. The molecule has 0 radical (unpaired) electrons. The van der Waals surface area contributed by atoms with Gasteiger partial charge in [-0.05, 0) is 61.5 Å². The molecule has 5 N–H and O–H groups in total. The highest BCUT2D eigenvalue weighted by molar-refractivity contribution is 5.85. The molecule has 4 rings (SSSR count). The lowest BCUT2D eigenvalue weighted by molar-refractivity contribution is -0.159. The van der Waals surface area contributed by atoms with Gasteiger partial charge in [-0.2, -0.15) is 0 Å². The van der Waals surface area contributed by atoms with E-state index in [-0.39, 0.29) is 50.5 Å². The zero-order valence-electron chi connectivity index (χ0n) is 27.3. The zero-order chi connectivity index (χ0) is 34.3. The molecule has 3 aliphatic rings. The third kappa shape index (κ3) is 10.8. The molecule has 0 bridgehead atoms. The van der Waals surface area contributed by atoms with Gasteiger partial charge in [0, 0.05) is 37.5 Å². The molecule has 262 valence electrons. The molecule has 1 aliphatic heterocycles. The monoisotopic (exact) mass is 655 g/mol. The van der Waals surface area contributed by atoms with Gasteiger partial charge >= 0.3 is 18.1 Å². The van der Waals surface area contributed by atoms with E-state index in [9.17, 15) is 29.0 Å². The summed E-state index contributed by atoms with van der Waals surface area (Å²) in [6.07, 6.45) is 5.53. The van der Waals surface area contributed by atoms with E-state index in [1.165, 1.54) is 6.07 Å². The Hall–Kier alpha value is -3.48. The van der Waals surface area contributed by atoms with Crippen LogP contribution in [0.5, 0.6) is 0 Å². The number of cyclic esters (lactones) is 1. The number of esters is 1. The summed E-state index contributed by atoms with van der Waals surface area (Å²) >= 11 is 0. The van der Waals surface area contributed by atoms with Gasteiger partial charge in [-0.15, -0.1) is 0 Å². The van der Waals surface area contributed by atoms with E-state index in [2.05, 4.69) is 4.98 Å². The van der Waals surface area contributed by atoms with Crippen molar-refractivity contribution in [3.8, 4) is 0 Å². The van der Waals surface area contributed by atoms with Gasteiger partial charge < -0.3 is 39.6 Å². The molecule has 11 nitrogen and oxygen atoms in total. The highest BCUT2D eigenvalue weighted by Gasteiger charge is 2.50.